The zero-order valence-electron chi connectivity index (χ0n) is 14.7. The summed E-state index contributed by atoms with van der Waals surface area (Å²) in [4.78, 5) is 23.8. The summed E-state index contributed by atoms with van der Waals surface area (Å²) in [7, 11) is 0. The van der Waals surface area contributed by atoms with E-state index >= 15 is 0 Å². The van der Waals surface area contributed by atoms with Gasteiger partial charge in [0.2, 0.25) is 5.91 Å². The van der Waals surface area contributed by atoms with Crippen molar-refractivity contribution in [3.63, 3.8) is 0 Å². The Hall–Kier alpha value is -1.66. The first-order chi connectivity index (χ1) is 11.5. The van der Waals surface area contributed by atoms with Gasteiger partial charge in [-0.1, -0.05) is 13.8 Å². The van der Waals surface area contributed by atoms with Gasteiger partial charge in [0.25, 0.3) is 5.91 Å². The van der Waals surface area contributed by atoms with Gasteiger partial charge in [-0.25, -0.2) is 4.39 Å². The average molecular weight is 372 g/mol. The number of rotatable bonds is 6. The molecule has 3 N–H and O–H groups in total. The molecule has 1 fully saturated rings. The average Bonchev–Trinajstić information content (AvgIpc) is 2.54. The van der Waals surface area contributed by atoms with Crippen molar-refractivity contribution >= 4 is 29.9 Å². The fraction of sp³-hybridized carbons (Fsp3) is 0.556. The summed E-state index contributed by atoms with van der Waals surface area (Å²) in [5, 5.41) is 8.68. The number of nitrogens with one attached hydrogen (secondary N) is 3. The SMILES string of the molecule is CC(C)CC(=O)Nc1ccc(C(=O)NCC2CCCNC2)cc1F.Cl. The largest absolute Gasteiger partial charge is 0.352 e. The van der Waals surface area contributed by atoms with E-state index in [4.69, 9.17) is 0 Å². The minimum atomic E-state index is -0.598. The van der Waals surface area contributed by atoms with Crippen LogP contribution >= 0.6 is 12.4 Å². The molecule has 25 heavy (non-hydrogen) atoms. The Balaban J connectivity index is 0.00000312. The molecule has 7 heteroatoms. The maximum atomic E-state index is 14.1. The zero-order valence-corrected chi connectivity index (χ0v) is 15.5. The van der Waals surface area contributed by atoms with Crippen LogP contribution in [0.4, 0.5) is 10.1 Å². The lowest BCUT2D eigenvalue weighted by Gasteiger charge is -2.22. The molecule has 2 amide bonds. The smallest absolute Gasteiger partial charge is 0.251 e. The van der Waals surface area contributed by atoms with Crippen molar-refractivity contribution in [2.45, 2.75) is 33.1 Å². The van der Waals surface area contributed by atoms with Gasteiger partial charge in [0.1, 0.15) is 5.82 Å². The molecule has 1 aromatic carbocycles. The van der Waals surface area contributed by atoms with Gasteiger partial charge in [-0.3, -0.25) is 9.59 Å². The summed E-state index contributed by atoms with van der Waals surface area (Å²) in [5.41, 5.74) is 0.367. The van der Waals surface area contributed by atoms with Gasteiger partial charge >= 0.3 is 0 Å². The second-order valence-electron chi connectivity index (χ2n) is 6.76. The van der Waals surface area contributed by atoms with Crippen molar-refractivity contribution in [2.75, 3.05) is 25.0 Å². The molecule has 1 aliphatic heterocycles. The Morgan fingerprint density at radius 3 is 2.72 bits per heavy atom. The van der Waals surface area contributed by atoms with Gasteiger partial charge in [0.05, 0.1) is 5.69 Å². The number of carbonyl (C=O) groups excluding carboxylic acids is 2. The molecule has 1 heterocycles. The zero-order chi connectivity index (χ0) is 17.5. The Morgan fingerprint density at radius 1 is 1.36 bits per heavy atom. The second-order valence-corrected chi connectivity index (χ2v) is 6.76. The molecule has 0 spiro atoms. The summed E-state index contributed by atoms with van der Waals surface area (Å²) < 4.78 is 14.1. The number of amides is 2. The molecule has 1 aromatic rings. The predicted octanol–water partition coefficient (Wildman–Crippen LogP) is 2.96. The number of anilines is 1. The highest BCUT2D eigenvalue weighted by Gasteiger charge is 2.16. The van der Waals surface area contributed by atoms with E-state index in [0.717, 1.165) is 25.9 Å². The van der Waals surface area contributed by atoms with Crippen LogP contribution in [0.2, 0.25) is 0 Å². The van der Waals surface area contributed by atoms with E-state index < -0.39 is 5.82 Å². The van der Waals surface area contributed by atoms with Crippen molar-refractivity contribution in [1.82, 2.24) is 10.6 Å². The number of carbonyl (C=O) groups is 2. The van der Waals surface area contributed by atoms with Crippen LogP contribution in [-0.4, -0.2) is 31.4 Å². The fourth-order valence-corrected chi connectivity index (χ4v) is 2.77. The molecular formula is C18H27ClFN3O2. The predicted molar refractivity (Wildman–Crippen MR) is 99.7 cm³/mol. The van der Waals surface area contributed by atoms with E-state index in [0.29, 0.717) is 18.9 Å². The van der Waals surface area contributed by atoms with E-state index in [-0.39, 0.29) is 41.4 Å². The third kappa shape index (κ3) is 7.00. The van der Waals surface area contributed by atoms with Crippen molar-refractivity contribution in [1.29, 1.82) is 0 Å². The first kappa shape index (κ1) is 21.4. The van der Waals surface area contributed by atoms with Gasteiger partial charge in [-0.2, -0.15) is 0 Å². The van der Waals surface area contributed by atoms with Crippen LogP contribution < -0.4 is 16.0 Å². The molecule has 1 aliphatic rings. The number of hydrogen-bond acceptors (Lipinski definition) is 3. The Bertz CT molecular complexity index is 590. The molecule has 2 rings (SSSR count). The number of benzene rings is 1. The van der Waals surface area contributed by atoms with E-state index in [1.807, 2.05) is 13.8 Å². The van der Waals surface area contributed by atoms with Gasteiger partial charge in [0.15, 0.2) is 0 Å². The summed E-state index contributed by atoms with van der Waals surface area (Å²) in [6, 6.07) is 4.13. The molecule has 0 saturated carbocycles. The van der Waals surface area contributed by atoms with Gasteiger partial charge in [-0.05, 0) is 56.0 Å². The van der Waals surface area contributed by atoms with Crippen molar-refractivity contribution < 1.29 is 14.0 Å². The summed E-state index contributed by atoms with van der Waals surface area (Å²) in [5.74, 6) is -0.501. The van der Waals surface area contributed by atoms with Crippen LogP contribution in [0.3, 0.4) is 0 Å². The molecule has 5 nitrogen and oxygen atoms in total. The quantitative estimate of drug-likeness (QED) is 0.720. The number of halogens is 2. The molecule has 0 aromatic heterocycles. The van der Waals surface area contributed by atoms with Crippen molar-refractivity contribution in [3.05, 3.63) is 29.6 Å². The van der Waals surface area contributed by atoms with E-state index in [1.54, 1.807) is 0 Å². The third-order valence-electron chi connectivity index (χ3n) is 4.05. The van der Waals surface area contributed by atoms with Crippen LogP contribution in [0.5, 0.6) is 0 Å². The number of piperidine rings is 1. The number of hydrogen-bond donors (Lipinski definition) is 3. The van der Waals surface area contributed by atoms with Gasteiger partial charge in [0, 0.05) is 18.5 Å². The van der Waals surface area contributed by atoms with Crippen LogP contribution in [0.1, 0.15) is 43.5 Å². The molecule has 0 bridgehead atoms. The normalized spacial score (nSPS) is 16.9. The highest BCUT2D eigenvalue weighted by atomic mass is 35.5. The lowest BCUT2D eigenvalue weighted by molar-refractivity contribution is -0.116. The van der Waals surface area contributed by atoms with E-state index in [1.165, 1.54) is 18.2 Å². The van der Waals surface area contributed by atoms with Crippen LogP contribution in [0, 0.1) is 17.7 Å². The summed E-state index contributed by atoms with van der Waals surface area (Å²) in [6.45, 7) is 6.35. The first-order valence-corrected chi connectivity index (χ1v) is 8.54. The maximum Gasteiger partial charge on any atom is 0.251 e. The second kappa shape index (κ2) is 10.4. The standard InChI is InChI=1S/C18H26FN3O2.ClH/c1-12(2)8-17(23)22-16-6-5-14(9-15(16)19)18(24)21-11-13-4-3-7-20-10-13;/h5-6,9,12-13,20H,3-4,7-8,10-11H2,1-2H3,(H,21,24)(H,22,23);1H. The van der Waals surface area contributed by atoms with E-state index in [9.17, 15) is 14.0 Å². The van der Waals surface area contributed by atoms with Crippen LogP contribution in [0.25, 0.3) is 0 Å². The first-order valence-electron chi connectivity index (χ1n) is 8.54. The molecule has 1 saturated heterocycles. The molecular weight excluding hydrogens is 345 g/mol. The lowest BCUT2D eigenvalue weighted by Crippen LogP contribution is -2.38. The maximum absolute atomic E-state index is 14.1. The van der Waals surface area contributed by atoms with Gasteiger partial charge < -0.3 is 16.0 Å². The highest BCUT2D eigenvalue weighted by Crippen LogP contribution is 2.17. The summed E-state index contributed by atoms with van der Waals surface area (Å²) in [6.07, 6.45) is 2.53. The van der Waals surface area contributed by atoms with Gasteiger partial charge in [-0.15, -0.1) is 12.4 Å². The minimum absolute atomic E-state index is 0. The lowest BCUT2D eigenvalue weighted by atomic mass is 9.99. The van der Waals surface area contributed by atoms with Crippen molar-refractivity contribution in [3.8, 4) is 0 Å². The molecule has 140 valence electrons. The summed E-state index contributed by atoms with van der Waals surface area (Å²) >= 11 is 0. The fourth-order valence-electron chi connectivity index (χ4n) is 2.77. The molecule has 0 aliphatic carbocycles. The highest BCUT2D eigenvalue weighted by molar-refractivity contribution is 5.96. The molecule has 0 radical (unpaired) electrons. The minimum Gasteiger partial charge on any atom is -0.352 e. The Labute approximate surface area is 154 Å². The Kier molecular flexibility index (Phi) is 8.86. The molecule has 1 unspecified atom stereocenters. The molecule has 1 atom stereocenters. The monoisotopic (exact) mass is 371 g/mol. The third-order valence-corrected chi connectivity index (χ3v) is 4.05. The Morgan fingerprint density at radius 2 is 2.12 bits per heavy atom. The topological polar surface area (TPSA) is 70.2 Å². The van der Waals surface area contributed by atoms with Crippen LogP contribution in [0.15, 0.2) is 18.2 Å². The van der Waals surface area contributed by atoms with Crippen molar-refractivity contribution in [2.24, 2.45) is 11.8 Å². The van der Waals surface area contributed by atoms with Crippen LogP contribution in [-0.2, 0) is 4.79 Å². The van der Waals surface area contributed by atoms with E-state index in [2.05, 4.69) is 16.0 Å².